The molecule has 1 saturated heterocycles. The lowest BCUT2D eigenvalue weighted by Gasteiger charge is -2.26. The normalized spacial score (nSPS) is 41.8. The van der Waals surface area contributed by atoms with Crippen LogP contribution in [-0.4, -0.2) is 22.2 Å². The molecule has 2 nitrogen and oxygen atoms in total. The van der Waals surface area contributed by atoms with E-state index in [9.17, 15) is 5.11 Å². The largest absolute Gasteiger partial charge is 0.382 e. The maximum Gasteiger partial charge on any atom is 0.119 e. The molecule has 0 bridgehead atoms. The van der Waals surface area contributed by atoms with Crippen LogP contribution in [0.5, 0.6) is 0 Å². The number of thiocarbonyl (C=S) groups is 1. The number of rotatable bonds is 0. The lowest BCUT2D eigenvalue weighted by molar-refractivity contribution is 0.0607. The van der Waals surface area contributed by atoms with E-state index in [1.54, 1.807) is 0 Å². The van der Waals surface area contributed by atoms with Gasteiger partial charge in [-0.25, -0.2) is 0 Å². The van der Waals surface area contributed by atoms with E-state index in [0.29, 0.717) is 10.9 Å². The van der Waals surface area contributed by atoms with Crippen LogP contribution in [0, 0.1) is 5.92 Å². The number of aliphatic hydroxyl groups is 1. The Morgan fingerprint density at radius 2 is 2.25 bits per heavy atom. The van der Waals surface area contributed by atoms with Crippen molar-refractivity contribution in [1.29, 1.82) is 0 Å². The maximum absolute atomic E-state index is 10.3. The number of nitrogens with one attached hydrogen (secondary N) is 1. The third kappa shape index (κ3) is 1.15. The SMILES string of the molecule is O[C@]12CCCCC[C@H]1CNC2=S. The molecule has 0 spiro atoms. The molecule has 0 amide bonds. The summed E-state index contributed by atoms with van der Waals surface area (Å²) in [4.78, 5) is 0.689. The Morgan fingerprint density at radius 1 is 1.42 bits per heavy atom. The number of fused-ring (bicyclic) bond motifs is 1. The second kappa shape index (κ2) is 2.96. The topological polar surface area (TPSA) is 32.3 Å². The molecule has 1 saturated carbocycles. The summed E-state index contributed by atoms with van der Waals surface area (Å²) < 4.78 is 0. The quantitative estimate of drug-likeness (QED) is 0.557. The molecule has 0 aromatic heterocycles. The Labute approximate surface area is 78.4 Å². The molecule has 0 aromatic rings. The highest BCUT2D eigenvalue weighted by atomic mass is 32.1. The summed E-state index contributed by atoms with van der Waals surface area (Å²) in [6, 6.07) is 0. The smallest absolute Gasteiger partial charge is 0.119 e. The highest BCUT2D eigenvalue weighted by Crippen LogP contribution is 2.36. The van der Waals surface area contributed by atoms with E-state index in [1.165, 1.54) is 12.8 Å². The summed E-state index contributed by atoms with van der Waals surface area (Å²) in [5, 5.41) is 13.4. The lowest BCUT2D eigenvalue weighted by atomic mass is 9.86. The second-order valence-corrected chi connectivity index (χ2v) is 4.34. The van der Waals surface area contributed by atoms with E-state index < -0.39 is 5.60 Å². The van der Waals surface area contributed by atoms with Crippen molar-refractivity contribution in [3.05, 3.63) is 0 Å². The predicted octanol–water partition coefficient (Wildman–Crippen LogP) is 1.23. The third-order valence-corrected chi connectivity index (χ3v) is 3.69. The van der Waals surface area contributed by atoms with Crippen molar-refractivity contribution < 1.29 is 5.11 Å². The molecule has 1 aliphatic carbocycles. The highest BCUT2D eigenvalue weighted by Gasteiger charge is 2.45. The van der Waals surface area contributed by atoms with Crippen LogP contribution in [0.15, 0.2) is 0 Å². The van der Waals surface area contributed by atoms with Crippen molar-refractivity contribution in [2.75, 3.05) is 6.54 Å². The van der Waals surface area contributed by atoms with E-state index >= 15 is 0 Å². The minimum atomic E-state index is -0.647. The first-order valence-corrected chi connectivity index (χ1v) is 5.15. The van der Waals surface area contributed by atoms with E-state index in [2.05, 4.69) is 5.32 Å². The Bertz CT molecular complexity index is 207. The molecule has 2 N–H and O–H groups in total. The summed E-state index contributed by atoms with van der Waals surface area (Å²) in [7, 11) is 0. The summed E-state index contributed by atoms with van der Waals surface area (Å²) in [5.74, 6) is 0.382. The van der Waals surface area contributed by atoms with Crippen molar-refractivity contribution in [1.82, 2.24) is 5.32 Å². The van der Waals surface area contributed by atoms with Gasteiger partial charge in [0.2, 0.25) is 0 Å². The number of hydrogen-bond acceptors (Lipinski definition) is 2. The molecule has 12 heavy (non-hydrogen) atoms. The Morgan fingerprint density at radius 3 is 3.08 bits per heavy atom. The minimum absolute atomic E-state index is 0.382. The predicted molar refractivity (Wildman–Crippen MR) is 52.1 cm³/mol. The second-order valence-electron chi connectivity index (χ2n) is 3.93. The van der Waals surface area contributed by atoms with Gasteiger partial charge >= 0.3 is 0 Å². The van der Waals surface area contributed by atoms with Crippen LogP contribution in [0.2, 0.25) is 0 Å². The van der Waals surface area contributed by atoms with Crippen LogP contribution in [0.4, 0.5) is 0 Å². The van der Waals surface area contributed by atoms with Crippen molar-refractivity contribution in [3.63, 3.8) is 0 Å². The average molecular weight is 185 g/mol. The zero-order valence-corrected chi connectivity index (χ0v) is 7.99. The fraction of sp³-hybridized carbons (Fsp3) is 0.889. The molecule has 68 valence electrons. The summed E-state index contributed by atoms with van der Waals surface area (Å²) >= 11 is 5.13. The summed E-state index contributed by atoms with van der Waals surface area (Å²) in [5.41, 5.74) is -0.647. The molecule has 1 heterocycles. The fourth-order valence-corrected chi connectivity index (χ4v) is 2.70. The lowest BCUT2D eigenvalue weighted by Crippen LogP contribution is -2.40. The molecule has 2 aliphatic rings. The van der Waals surface area contributed by atoms with Crippen LogP contribution in [0.1, 0.15) is 32.1 Å². The third-order valence-electron chi connectivity index (χ3n) is 3.19. The Kier molecular flexibility index (Phi) is 2.09. The van der Waals surface area contributed by atoms with Gasteiger partial charge in [0.15, 0.2) is 0 Å². The molecule has 2 fully saturated rings. The molecule has 0 unspecified atom stereocenters. The molecular formula is C9H15NOS. The fourth-order valence-electron chi connectivity index (χ4n) is 2.34. The van der Waals surface area contributed by atoms with Gasteiger partial charge in [-0.2, -0.15) is 0 Å². The van der Waals surface area contributed by atoms with E-state index in [4.69, 9.17) is 12.2 Å². The van der Waals surface area contributed by atoms with E-state index in [0.717, 1.165) is 25.8 Å². The van der Waals surface area contributed by atoms with Crippen LogP contribution < -0.4 is 5.32 Å². The van der Waals surface area contributed by atoms with Crippen LogP contribution >= 0.6 is 12.2 Å². The van der Waals surface area contributed by atoms with Gasteiger partial charge in [-0.15, -0.1) is 0 Å². The van der Waals surface area contributed by atoms with Gasteiger partial charge in [-0.1, -0.05) is 31.5 Å². The minimum Gasteiger partial charge on any atom is -0.382 e. The first kappa shape index (κ1) is 8.45. The van der Waals surface area contributed by atoms with E-state index in [-0.39, 0.29) is 0 Å². The summed E-state index contributed by atoms with van der Waals surface area (Å²) in [6.45, 7) is 0.884. The van der Waals surface area contributed by atoms with Crippen molar-refractivity contribution >= 4 is 17.2 Å². The van der Waals surface area contributed by atoms with Crippen molar-refractivity contribution in [3.8, 4) is 0 Å². The van der Waals surface area contributed by atoms with Crippen molar-refractivity contribution in [2.24, 2.45) is 5.92 Å². The molecule has 2 atom stereocenters. The Balaban J connectivity index is 2.21. The maximum atomic E-state index is 10.3. The zero-order chi connectivity index (χ0) is 8.60. The molecule has 1 aliphatic heterocycles. The first-order valence-electron chi connectivity index (χ1n) is 4.74. The highest BCUT2D eigenvalue weighted by molar-refractivity contribution is 7.80. The van der Waals surface area contributed by atoms with Gasteiger partial charge in [-0.3, -0.25) is 0 Å². The molecule has 0 aromatic carbocycles. The van der Waals surface area contributed by atoms with Crippen molar-refractivity contribution in [2.45, 2.75) is 37.7 Å². The zero-order valence-electron chi connectivity index (χ0n) is 7.18. The van der Waals surface area contributed by atoms with Crippen LogP contribution in [0.25, 0.3) is 0 Å². The van der Waals surface area contributed by atoms with E-state index in [1.807, 2.05) is 0 Å². The van der Waals surface area contributed by atoms with Gasteiger partial charge in [0.05, 0.1) is 0 Å². The molecular weight excluding hydrogens is 170 g/mol. The van der Waals surface area contributed by atoms with Gasteiger partial charge in [0.1, 0.15) is 10.6 Å². The molecule has 3 heteroatoms. The van der Waals surface area contributed by atoms with Gasteiger partial charge in [0.25, 0.3) is 0 Å². The summed E-state index contributed by atoms with van der Waals surface area (Å²) in [6.07, 6.45) is 5.61. The van der Waals surface area contributed by atoms with Gasteiger partial charge < -0.3 is 10.4 Å². The van der Waals surface area contributed by atoms with Gasteiger partial charge in [0, 0.05) is 12.5 Å². The molecule has 0 radical (unpaired) electrons. The Hall–Kier alpha value is -0.150. The monoisotopic (exact) mass is 185 g/mol. The average Bonchev–Trinajstić information content (AvgIpc) is 2.24. The first-order chi connectivity index (χ1) is 5.73. The van der Waals surface area contributed by atoms with Crippen LogP contribution in [0.3, 0.4) is 0 Å². The molecule has 2 rings (SSSR count). The standard InChI is InChI=1S/C9H15NOS/c11-9-5-3-1-2-4-7(9)6-10-8(9)12/h7,11H,1-6H2,(H,10,12)/t7-,9+/m0/s1. The van der Waals surface area contributed by atoms with Gasteiger partial charge in [-0.05, 0) is 12.8 Å². The number of hydrogen-bond donors (Lipinski definition) is 2. The van der Waals surface area contributed by atoms with Crippen LogP contribution in [-0.2, 0) is 0 Å².